The first-order chi connectivity index (χ1) is 34.5. The average Bonchev–Trinajstić information content (AvgIpc) is 3.35. The number of hydrogen-bond acceptors (Lipinski definition) is 15. The number of Topliss-reactive ketones (excluding diaryl/α,β-unsaturated/α-hetero) is 3. The Labute approximate surface area is 435 Å². The first kappa shape index (κ1) is 62.1. The number of hydrogen-bond donors (Lipinski definition) is 4. The van der Waals surface area contributed by atoms with Gasteiger partial charge in [-0.15, -0.1) is 0 Å². The SMILES string of the molecule is CO[C@@H]1C[C@H](C[C@@H](C)[C@@H]2CC(=O)[C@H](C)/C=C(\C)[C@@H](O)[C@@H](OC)C(=O)[C@H](C)C[C@H](C)/C=C/C=C/C=C(\C)[C@@H](OC(C)(C)CCO)C[C@@H]3CC[C@@H](C)[C@@](O)(O3)C(=O)C(=O)N3CCCC[C@H]3C(=O)O2)CC[C@H]1OCCO. The number of cyclic esters (lactones) is 1. The van der Waals surface area contributed by atoms with E-state index in [9.17, 15) is 44.4 Å². The number of ketones is 3. The Morgan fingerprint density at radius 1 is 0.863 bits per heavy atom. The zero-order chi connectivity index (χ0) is 54.2. The molecule has 16 heteroatoms. The molecule has 16 nitrogen and oxygen atoms in total. The van der Waals surface area contributed by atoms with Crippen LogP contribution in [0.2, 0.25) is 0 Å². The number of piperidine rings is 1. The number of aliphatic hydroxyl groups is 4. The molecule has 3 aliphatic heterocycles. The van der Waals surface area contributed by atoms with E-state index >= 15 is 0 Å². The number of carbonyl (C=O) groups is 5. The number of carbonyl (C=O) groups excluding carboxylic acids is 5. The molecule has 1 saturated carbocycles. The lowest BCUT2D eigenvalue weighted by Crippen LogP contribution is -2.61. The molecule has 4 aliphatic rings. The fourth-order valence-corrected chi connectivity index (χ4v) is 11.1. The zero-order valence-electron chi connectivity index (χ0n) is 45.8. The molecule has 1 aliphatic carbocycles. The van der Waals surface area contributed by atoms with Crippen molar-refractivity contribution < 1.29 is 72.8 Å². The number of allylic oxidation sites excluding steroid dienone is 6. The fourth-order valence-electron chi connectivity index (χ4n) is 11.1. The lowest BCUT2D eigenvalue weighted by Gasteiger charge is -2.43. The predicted molar refractivity (Wildman–Crippen MR) is 276 cm³/mol. The highest BCUT2D eigenvalue weighted by molar-refractivity contribution is 6.39. The van der Waals surface area contributed by atoms with Gasteiger partial charge >= 0.3 is 5.97 Å². The van der Waals surface area contributed by atoms with E-state index in [0.717, 1.165) is 12.0 Å². The number of ether oxygens (including phenoxy) is 6. The Balaban J connectivity index is 1.74. The molecule has 15 atom stereocenters. The van der Waals surface area contributed by atoms with Crippen LogP contribution in [0.15, 0.2) is 47.6 Å². The van der Waals surface area contributed by atoms with Crippen LogP contribution in [0, 0.1) is 35.5 Å². The van der Waals surface area contributed by atoms with E-state index in [0.29, 0.717) is 63.4 Å². The first-order valence-corrected chi connectivity index (χ1v) is 27.0. The normalized spacial score (nSPS) is 37.5. The van der Waals surface area contributed by atoms with Gasteiger partial charge in [-0.3, -0.25) is 19.2 Å². The lowest BCUT2D eigenvalue weighted by atomic mass is 9.78. The third kappa shape index (κ3) is 17.5. The van der Waals surface area contributed by atoms with E-state index in [-0.39, 0.29) is 87.2 Å². The molecule has 414 valence electrons. The number of fused-ring (bicyclic) bond motifs is 3. The van der Waals surface area contributed by atoms with Gasteiger partial charge in [0.05, 0.1) is 43.2 Å². The first-order valence-electron chi connectivity index (χ1n) is 27.0. The van der Waals surface area contributed by atoms with Crippen LogP contribution >= 0.6 is 0 Å². The number of aliphatic hydroxyl groups excluding tert-OH is 3. The zero-order valence-corrected chi connectivity index (χ0v) is 45.8. The molecule has 3 fully saturated rings. The second-order valence-electron chi connectivity index (χ2n) is 22.3. The summed E-state index contributed by atoms with van der Waals surface area (Å²) in [6.07, 6.45) is 11.6. The fraction of sp³-hybridized carbons (Fsp3) is 0.772. The van der Waals surface area contributed by atoms with E-state index < -0.39 is 83.4 Å². The Morgan fingerprint density at radius 3 is 2.26 bits per heavy atom. The molecule has 0 aromatic heterocycles. The number of amides is 1. The van der Waals surface area contributed by atoms with Crippen LogP contribution in [-0.2, 0) is 52.4 Å². The largest absolute Gasteiger partial charge is 0.460 e. The molecule has 0 aromatic rings. The van der Waals surface area contributed by atoms with Crippen molar-refractivity contribution in [3.63, 3.8) is 0 Å². The highest BCUT2D eigenvalue weighted by Gasteiger charge is 2.53. The smallest absolute Gasteiger partial charge is 0.329 e. The van der Waals surface area contributed by atoms with Crippen LogP contribution in [0.25, 0.3) is 0 Å². The van der Waals surface area contributed by atoms with Crippen LogP contribution in [0.5, 0.6) is 0 Å². The highest BCUT2D eigenvalue weighted by atomic mass is 16.6. The van der Waals surface area contributed by atoms with Gasteiger partial charge in [-0.25, -0.2) is 4.79 Å². The van der Waals surface area contributed by atoms with Gasteiger partial charge in [0.2, 0.25) is 5.79 Å². The molecule has 0 radical (unpaired) electrons. The van der Waals surface area contributed by atoms with Crippen molar-refractivity contribution in [2.75, 3.05) is 40.6 Å². The number of esters is 1. The topological polar surface area (TPSA) is 225 Å². The number of nitrogens with zero attached hydrogens (tertiary/aromatic N) is 1. The summed E-state index contributed by atoms with van der Waals surface area (Å²) in [4.78, 5) is 72.8. The summed E-state index contributed by atoms with van der Waals surface area (Å²) in [5.74, 6) is -8.27. The molecule has 0 aromatic carbocycles. The molecule has 4 rings (SSSR count). The number of methoxy groups -OCH3 is 2. The quantitative estimate of drug-likeness (QED) is 0.0904. The van der Waals surface area contributed by atoms with Gasteiger partial charge in [-0.05, 0) is 127 Å². The van der Waals surface area contributed by atoms with E-state index in [1.54, 1.807) is 34.0 Å². The molecule has 3 heterocycles. The van der Waals surface area contributed by atoms with Gasteiger partial charge in [-0.2, -0.15) is 0 Å². The number of rotatable bonds is 12. The minimum absolute atomic E-state index is 0.0179. The van der Waals surface area contributed by atoms with Gasteiger partial charge < -0.3 is 53.7 Å². The summed E-state index contributed by atoms with van der Waals surface area (Å²) >= 11 is 0. The summed E-state index contributed by atoms with van der Waals surface area (Å²) in [6, 6.07) is -1.17. The minimum atomic E-state index is -2.50. The molecule has 0 unspecified atom stereocenters. The third-order valence-corrected chi connectivity index (χ3v) is 15.8. The lowest BCUT2D eigenvalue weighted by molar-refractivity contribution is -0.267. The summed E-state index contributed by atoms with van der Waals surface area (Å²) in [5, 5.41) is 42.9. The Morgan fingerprint density at radius 2 is 1.59 bits per heavy atom. The van der Waals surface area contributed by atoms with E-state index in [1.165, 1.54) is 12.0 Å². The van der Waals surface area contributed by atoms with Crippen molar-refractivity contribution in [2.24, 2.45) is 35.5 Å². The Bertz CT molecular complexity index is 1940. The molecule has 0 spiro atoms. The van der Waals surface area contributed by atoms with Crippen molar-refractivity contribution in [1.82, 2.24) is 4.90 Å². The molecular formula is C57H91NO15. The third-order valence-electron chi connectivity index (χ3n) is 15.8. The van der Waals surface area contributed by atoms with E-state index in [1.807, 2.05) is 71.9 Å². The standard InChI is InChI=1S/C57H91NO15/c1-35-17-13-12-14-18-36(2)48(73-56(8,9)24-26-59)33-43-22-20-41(7)57(67,72-43)53(64)54(65)58-25-16-15-19-44(58)55(66)71-47(38(4)31-42-21-23-46(70-28-27-60)49(32-42)68-10)34-45(61)37(3)30-40(6)51(63)52(69-11)50(62)39(5)29-35/h12-14,17-18,30,35,37-39,41-44,46-49,51-52,59-60,63,67H,15-16,19-29,31-34H2,1-11H3/b14-12+,17-13+,36-18+,40-30+/t35-,37-,38-,39-,41-,42+,43+,44+,46-,47+,48+,49-,51-,52+,57-/m1/s1. The maximum Gasteiger partial charge on any atom is 0.329 e. The molecule has 2 bridgehead atoms. The van der Waals surface area contributed by atoms with Crippen LogP contribution in [-0.4, -0.2) is 155 Å². The maximum absolute atomic E-state index is 14.6. The van der Waals surface area contributed by atoms with Gasteiger partial charge in [0.25, 0.3) is 11.7 Å². The van der Waals surface area contributed by atoms with Crippen molar-refractivity contribution in [3.05, 3.63) is 47.6 Å². The predicted octanol–water partition coefficient (Wildman–Crippen LogP) is 6.73. The van der Waals surface area contributed by atoms with Gasteiger partial charge in [0.15, 0.2) is 5.78 Å². The van der Waals surface area contributed by atoms with Crippen LogP contribution in [0.3, 0.4) is 0 Å². The second kappa shape index (κ2) is 29.2. The summed E-state index contributed by atoms with van der Waals surface area (Å²) in [7, 11) is 3.00. The van der Waals surface area contributed by atoms with Crippen LogP contribution in [0.4, 0.5) is 0 Å². The summed E-state index contributed by atoms with van der Waals surface area (Å²) < 4.78 is 36.5. The molecule has 73 heavy (non-hydrogen) atoms. The van der Waals surface area contributed by atoms with Crippen molar-refractivity contribution in [3.8, 4) is 0 Å². The van der Waals surface area contributed by atoms with Crippen LogP contribution in [0.1, 0.15) is 146 Å². The molecular weight excluding hydrogens is 939 g/mol. The van der Waals surface area contributed by atoms with Gasteiger partial charge in [0.1, 0.15) is 30.1 Å². The second-order valence-corrected chi connectivity index (χ2v) is 22.3. The van der Waals surface area contributed by atoms with E-state index in [4.69, 9.17) is 28.4 Å². The van der Waals surface area contributed by atoms with Crippen molar-refractivity contribution in [2.45, 2.75) is 206 Å². The monoisotopic (exact) mass is 1030 g/mol. The van der Waals surface area contributed by atoms with E-state index in [2.05, 4.69) is 0 Å². The summed E-state index contributed by atoms with van der Waals surface area (Å²) in [6.45, 7) is 16.4. The Kier molecular flexibility index (Phi) is 24.8. The molecule has 2 saturated heterocycles. The summed E-state index contributed by atoms with van der Waals surface area (Å²) in [5.41, 5.74) is 0.447. The van der Waals surface area contributed by atoms with Gasteiger partial charge in [-0.1, -0.05) is 71.1 Å². The molecule has 4 N–H and O–H groups in total. The average molecular weight is 1030 g/mol. The van der Waals surface area contributed by atoms with Crippen molar-refractivity contribution in [1.29, 1.82) is 0 Å². The van der Waals surface area contributed by atoms with Gasteiger partial charge in [0, 0.05) is 58.0 Å². The van der Waals surface area contributed by atoms with Crippen LogP contribution < -0.4 is 0 Å². The Hall–Kier alpha value is -3.45. The molecule has 1 amide bonds. The minimum Gasteiger partial charge on any atom is -0.460 e. The van der Waals surface area contributed by atoms with Crippen molar-refractivity contribution >= 4 is 29.2 Å². The maximum atomic E-state index is 14.6. The highest BCUT2D eigenvalue weighted by Crippen LogP contribution is 2.39.